The van der Waals surface area contributed by atoms with Gasteiger partial charge >= 0.3 is 5.97 Å². The van der Waals surface area contributed by atoms with Crippen LogP contribution in [0.15, 0.2) is 11.1 Å². The van der Waals surface area contributed by atoms with Crippen molar-refractivity contribution in [2.45, 2.75) is 56.6 Å². The molecule has 5 heteroatoms. The van der Waals surface area contributed by atoms with Crippen molar-refractivity contribution in [1.82, 2.24) is 0 Å². The first-order valence-electron chi connectivity index (χ1n) is 8.58. The molecular formula is C18H28O3S2. The van der Waals surface area contributed by atoms with Crippen LogP contribution in [0.2, 0.25) is 0 Å². The SMILES string of the molecule is COC(=O)[C@@H](C)[C@H]1CC2=C(C)C3(CC[C@]2(C)[C@@H](O)C1)SCCS3. The summed E-state index contributed by atoms with van der Waals surface area (Å²) in [5.74, 6) is 2.31. The number of hydrogen-bond donors (Lipinski definition) is 1. The minimum atomic E-state index is -0.355. The molecule has 3 aliphatic rings. The van der Waals surface area contributed by atoms with Gasteiger partial charge in [0.2, 0.25) is 0 Å². The predicted octanol–water partition coefficient (Wildman–Crippen LogP) is 3.86. The van der Waals surface area contributed by atoms with Gasteiger partial charge in [0.1, 0.15) is 0 Å². The van der Waals surface area contributed by atoms with Gasteiger partial charge in [-0.15, -0.1) is 23.5 Å². The van der Waals surface area contributed by atoms with E-state index in [4.69, 9.17) is 4.74 Å². The lowest BCUT2D eigenvalue weighted by Crippen LogP contribution is -2.47. The molecule has 3 nitrogen and oxygen atoms in total. The van der Waals surface area contributed by atoms with Crippen LogP contribution in [0, 0.1) is 17.3 Å². The highest BCUT2D eigenvalue weighted by Crippen LogP contribution is 2.62. The number of esters is 1. The molecule has 0 aromatic heterocycles. The zero-order chi connectivity index (χ0) is 16.8. The molecule has 0 aromatic rings. The molecule has 0 radical (unpaired) electrons. The van der Waals surface area contributed by atoms with Crippen molar-refractivity contribution in [1.29, 1.82) is 0 Å². The Morgan fingerprint density at radius 2 is 2.00 bits per heavy atom. The largest absolute Gasteiger partial charge is 0.469 e. The topological polar surface area (TPSA) is 46.5 Å². The predicted molar refractivity (Wildman–Crippen MR) is 97.6 cm³/mol. The van der Waals surface area contributed by atoms with E-state index >= 15 is 0 Å². The van der Waals surface area contributed by atoms with Crippen molar-refractivity contribution in [2.24, 2.45) is 17.3 Å². The Morgan fingerprint density at radius 1 is 1.35 bits per heavy atom. The van der Waals surface area contributed by atoms with E-state index in [1.54, 1.807) is 0 Å². The lowest BCUT2D eigenvalue weighted by atomic mass is 9.58. The quantitative estimate of drug-likeness (QED) is 0.601. The number of carbonyl (C=O) groups excluding carboxylic acids is 1. The molecule has 2 aliphatic carbocycles. The number of carbonyl (C=O) groups is 1. The summed E-state index contributed by atoms with van der Waals surface area (Å²) in [5.41, 5.74) is 2.79. The fourth-order valence-electron chi connectivity index (χ4n) is 4.64. The van der Waals surface area contributed by atoms with Crippen molar-refractivity contribution >= 4 is 29.5 Å². The van der Waals surface area contributed by atoms with Crippen LogP contribution < -0.4 is 0 Å². The summed E-state index contributed by atoms with van der Waals surface area (Å²) in [6.45, 7) is 6.45. The molecule has 4 atom stereocenters. The lowest BCUT2D eigenvalue weighted by molar-refractivity contribution is -0.148. The van der Waals surface area contributed by atoms with Crippen molar-refractivity contribution in [3.63, 3.8) is 0 Å². The zero-order valence-electron chi connectivity index (χ0n) is 14.6. The first kappa shape index (κ1) is 17.7. The number of rotatable bonds is 2. The molecular weight excluding hydrogens is 328 g/mol. The van der Waals surface area contributed by atoms with Gasteiger partial charge in [-0.3, -0.25) is 4.79 Å². The first-order chi connectivity index (χ1) is 10.8. The number of aliphatic hydroxyl groups excluding tert-OH is 1. The van der Waals surface area contributed by atoms with Crippen LogP contribution in [0.1, 0.15) is 46.5 Å². The maximum absolute atomic E-state index is 12.0. The van der Waals surface area contributed by atoms with E-state index in [-0.39, 0.29) is 33.4 Å². The molecule has 0 amide bonds. The second-order valence-electron chi connectivity index (χ2n) is 7.50. The van der Waals surface area contributed by atoms with Gasteiger partial charge in [-0.2, -0.15) is 0 Å². The van der Waals surface area contributed by atoms with Crippen LogP contribution in [0.5, 0.6) is 0 Å². The number of ether oxygens (including phenoxy) is 1. The summed E-state index contributed by atoms with van der Waals surface area (Å²) in [6, 6.07) is 0. The Hall–Kier alpha value is -0.130. The van der Waals surface area contributed by atoms with Gasteiger partial charge in [-0.1, -0.05) is 19.4 Å². The molecule has 23 heavy (non-hydrogen) atoms. The molecule has 1 heterocycles. The first-order valence-corrected chi connectivity index (χ1v) is 10.6. The van der Waals surface area contributed by atoms with Gasteiger partial charge in [0.25, 0.3) is 0 Å². The molecule has 2 fully saturated rings. The monoisotopic (exact) mass is 356 g/mol. The van der Waals surface area contributed by atoms with E-state index in [1.165, 1.54) is 29.8 Å². The Labute approximate surface area is 148 Å². The van der Waals surface area contributed by atoms with Gasteiger partial charge in [-0.25, -0.2) is 0 Å². The number of hydrogen-bond acceptors (Lipinski definition) is 5. The molecule has 1 saturated heterocycles. The summed E-state index contributed by atoms with van der Waals surface area (Å²) in [7, 11) is 1.45. The zero-order valence-corrected chi connectivity index (χ0v) is 16.2. The highest BCUT2D eigenvalue weighted by molar-refractivity contribution is 8.21. The molecule has 0 bridgehead atoms. The summed E-state index contributed by atoms with van der Waals surface area (Å²) in [6.07, 6.45) is 3.49. The maximum Gasteiger partial charge on any atom is 0.308 e. The fourth-order valence-corrected chi connectivity index (χ4v) is 7.97. The van der Waals surface area contributed by atoms with Crippen molar-refractivity contribution in [2.75, 3.05) is 18.6 Å². The lowest BCUT2D eigenvalue weighted by Gasteiger charge is -2.52. The second kappa shape index (κ2) is 6.30. The summed E-state index contributed by atoms with van der Waals surface area (Å²) in [5, 5.41) is 10.9. The van der Waals surface area contributed by atoms with Gasteiger partial charge in [0.05, 0.1) is 23.2 Å². The standard InChI is InChI=1S/C18H28O3S2/c1-11(16(20)21-4)13-9-14-12(2)18(22-7-8-23-18)6-5-17(14,3)15(19)10-13/h11,13,15,19H,5-10H2,1-4H3/t11-,13-,15-,17-/m0/s1. The number of methoxy groups -OCH3 is 1. The van der Waals surface area contributed by atoms with Crippen molar-refractivity contribution < 1.29 is 14.6 Å². The molecule has 130 valence electrons. The molecule has 3 rings (SSSR count). The Kier molecular flexibility index (Phi) is 4.85. The number of aliphatic hydroxyl groups is 1. The minimum Gasteiger partial charge on any atom is -0.469 e. The molecule has 0 unspecified atom stereocenters. The van der Waals surface area contributed by atoms with E-state index in [0.717, 1.165) is 19.3 Å². The van der Waals surface area contributed by atoms with E-state index in [2.05, 4.69) is 37.4 Å². The van der Waals surface area contributed by atoms with E-state index in [0.29, 0.717) is 6.42 Å². The Balaban J connectivity index is 1.95. The smallest absolute Gasteiger partial charge is 0.308 e. The highest BCUT2D eigenvalue weighted by atomic mass is 32.2. The minimum absolute atomic E-state index is 0.106. The van der Waals surface area contributed by atoms with Crippen LogP contribution >= 0.6 is 23.5 Å². The molecule has 1 saturated carbocycles. The Bertz CT molecular complexity index is 524. The van der Waals surface area contributed by atoms with Crippen LogP contribution in [-0.4, -0.2) is 39.9 Å². The molecule has 0 aromatic carbocycles. The summed E-state index contributed by atoms with van der Waals surface area (Å²) in [4.78, 5) is 12.0. The maximum atomic E-state index is 12.0. The van der Waals surface area contributed by atoms with Crippen molar-refractivity contribution in [3.8, 4) is 0 Å². The van der Waals surface area contributed by atoms with E-state index < -0.39 is 0 Å². The van der Waals surface area contributed by atoms with Gasteiger partial charge in [0, 0.05) is 16.9 Å². The molecule has 1 N–H and O–H groups in total. The van der Waals surface area contributed by atoms with Crippen LogP contribution in [0.4, 0.5) is 0 Å². The van der Waals surface area contributed by atoms with Crippen LogP contribution in [0.25, 0.3) is 0 Å². The van der Waals surface area contributed by atoms with Crippen LogP contribution in [-0.2, 0) is 9.53 Å². The van der Waals surface area contributed by atoms with Crippen molar-refractivity contribution in [3.05, 3.63) is 11.1 Å². The number of thioether (sulfide) groups is 2. The number of fused-ring (bicyclic) bond motifs is 1. The fraction of sp³-hybridized carbons (Fsp3) is 0.833. The third-order valence-electron chi connectivity index (χ3n) is 6.45. The van der Waals surface area contributed by atoms with Crippen LogP contribution in [0.3, 0.4) is 0 Å². The average molecular weight is 357 g/mol. The normalized spacial score (nSPS) is 37.6. The van der Waals surface area contributed by atoms with Gasteiger partial charge in [-0.05, 0) is 44.1 Å². The van der Waals surface area contributed by atoms with Gasteiger partial charge < -0.3 is 9.84 Å². The third kappa shape index (κ3) is 2.77. The summed E-state index contributed by atoms with van der Waals surface area (Å²) >= 11 is 4.16. The second-order valence-corrected chi connectivity index (χ2v) is 10.5. The highest BCUT2D eigenvalue weighted by Gasteiger charge is 2.53. The average Bonchev–Trinajstić information content (AvgIpc) is 3.02. The molecule has 1 spiro atoms. The van der Waals surface area contributed by atoms with E-state index in [9.17, 15) is 9.90 Å². The van der Waals surface area contributed by atoms with E-state index in [1.807, 2.05) is 6.92 Å². The van der Waals surface area contributed by atoms with Gasteiger partial charge in [0.15, 0.2) is 0 Å². The molecule has 1 aliphatic heterocycles. The third-order valence-corrected chi connectivity index (χ3v) is 10.2. The Morgan fingerprint density at radius 3 is 2.61 bits per heavy atom. The summed E-state index contributed by atoms with van der Waals surface area (Å²) < 4.78 is 5.16.